The molecule has 0 aliphatic heterocycles. The molecule has 0 fully saturated rings. The molecule has 0 saturated heterocycles. The van der Waals surface area contributed by atoms with Crippen LogP contribution in [0.25, 0.3) is 0 Å². The highest BCUT2D eigenvalue weighted by molar-refractivity contribution is 5.75. The van der Waals surface area contributed by atoms with Gasteiger partial charge >= 0.3 is 0 Å². The number of hydrogen-bond donors (Lipinski definition) is 0. The van der Waals surface area contributed by atoms with E-state index in [1.165, 1.54) is 6.92 Å². The minimum atomic E-state index is -1.42. The topological polar surface area (TPSA) is 17.1 Å². The number of carbonyl (C=O) groups excluding carboxylic acids is 1. The second-order valence-corrected chi connectivity index (χ2v) is 2.64. The molecule has 1 aromatic carbocycles. The molecule has 0 spiro atoms. The predicted octanol–water partition coefficient (Wildman–Crippen LogP) is 2.81. The minimum absolute atomic E-state index is 0.0407. The highest BCUT2D eigenvalue weighted by Crippen LogP contribution is 2.21. The zero-order valence-electron chi connectivity index (χ0n) is 6.85. The molecule has 0 aromatic heterocycles. The van der Waals surface area contributed by atoms with Crippen LogP contribution in [0.15, 0.2) is 12.1 Å². The van der Waals surface area contributed by atoms with Gasteiger partial charge in [0.25, 0.3) is 0 Å². The van der Waals surface area contributed by atoms with E-state index in [1.54, 1.807) is 0 Å². The van der Waals surface area contributed by atoms with E-state index in [0.717, 1.165) is 12.1 Å². The summed E-state index contributed by atoms with van der Waals surface area (Å²) in [6.45, 7) is 1.18. The molecule has 1 unspecified atom stereocenters. The molecule has 70 valence electrons. The van der Waals surface area contributed by atoms with Crippen molar-refractivity contribution in [1.82, 2.24) is 0 Å². The molecule has 0 radical (unpaired) electrons. The summed E-state index contributed by atoms with van der Waals surface area (Å²) in [5.41, 5.74) is -0.500. The van der Waals surface area contributed by atoms with Crippen LogP contribution in [-0.4, -0.2) is 6.29 Å². The first-order valence-corrected chi connectivity index (χ1v) is 3.64. The first-order valence-electron chi connectivity index (χ1n) is 3.64. The lowest BCUT2D eigenvalue weighted by atomic mass is 10.1. The van der Waals surface area contributed by atoms with Gasteiger partial charge in [-0.05, 0) is 24.6 Å². The molecule has 0 saturated carbocycles. The van der Waals surface area contributed by atoms with Gasteiger partial charge in [0.05, 0.1) is 5.56 Å². The molecule has 1 nitrogen and oxygen atoms in total. The van der Waals surface area contributed by atoms with E-state index in [-0.39, 0.29) is 11.8 Å². The van der Waals surface area contributed by atoms with Crippen molar-refractivity contribution in [3.8, 4) is 0 Å². The minimum Gasteiger partial charge on any atom is -0.298 e. The Morgan fingerprint density at radius 3 is 2.46 bits per heavy atom. The van der Waals surface area contributed by atoms with Crippen LogP contribution in [0.3, 0.4) is 0 Å². The molecule has 0 amide bonds. The summed E-state index contributed by atoms with van der Waals surface area (Å²) >= 11 is 0. The normalized spacial score (nSPS) is 12.6. The Hall–Kier alpha value is -1.32. The zero-order chi connectivity index (χ0) is 10.0. The third-order valence-electron chi connectivity index (χ3n) is 1.66. The Kier molecular flexibility index (Phi) is 2.70. The van der Waals surface area contributed by atoms with E-state index in [1.807, 2.05) is 0 Å². The average molecular weight is 188 g/mol. The summed E-state index contributed by atoms with van der Waals surface area (Å²) in [6.07, 6.45) is -1.27. The molecule has 1 aromatic rings. The van der Waals surface area contributed by atoms with Crippen molar-refractivity contribution in [2.45, 2.75) is 13.1 Å². The standard InChI is InChI=1S/C9H7F3O/c1-5(10)6-2-7(4-13)9(12)8(11)3-6/h2-5H,1H3. The first-order chi connectivity index (χ1) is 6.06. The summed E-state index contributed by atoms with van der Waals surface area (Å²) in [6, 6.07) is 1.74. The number of alkyl halides is 1. The van der Waals surface area contributed by atoms with Gasteiger partial charge in [0.2, 0.25) is 0 Å². The smallest absolute Gasteiger partial charge is 0.169 e. The summed E-state index contributed by atoms with van der Waals surface area (Å²) in [7, 11) is 0. The second kappa shape index (κ2) is 3.60. The molecule has 0 N–H and O–H groups in total. The Morgan fingerprint density at radius 1 is 1.38 bits per heavy atom. The third kappa shape index (κ3) is 1.88. The van der Waals surface area contributed by atoms with Crippen molar-refractivity contribution in [3.63, 3.8) is 0 Å². The molecule has 1 atom stereocenters. The van der Waals surface area contributed by atoms with E-state index >= 15 is 0 Å². The van der Waals surface area contributed by atoms with Crippen LogP contribution >= 0.6 is 0 Å². The molecule has 13 heavy (non-hydrogen) atoms. The SMILES string of the molecule is CC(F)c1cc(F)c(F)c(C=O)c1. The van der Waals surface area contributed by atoms with Gasteiger partial charge in [0.15, 0.2) is 17.9 Å². The maximum atomic E-state index is 12.7. The van der Waals surface area contributed by atoms with Crippen LogP contribution in [0.2, 0.25) is 0 Å². The quantitative estimate of drug-likeness (QED) is 0.652. The van der Waals surface area contributed by atoms with Crippen molar-refractivity contribution in [2.75, 3.05) is 0 Å². The maximum absolute atomic E-state index is 12.7. The monoisotopic (exact) mass is 188 g/mol. The maximum Gasteiger partial charge on any atom is 0.169 e. The van der Waals surface area contributed by atoms with Crippen molar-refractivity contribution in [2.24, 2.45) is 0 Å². The van der Waals surface area contributed by atoms with E-state index in [9.17, 15) is 18.0 Å². The molecule has 0 heterocycles. The van der Waals surface area contributed by atoms with Gasteiger partial charge in [0, 0.05) is 0 Å². The first kappa shape index (κ1) is 9.77. The lowest BCUT2D eigenvalue weighted by Crippen LogP contribution is -1.97. The summed E-state index contributed by atoms with van der Waals surface area (Å²) in [4.78, 5) is 10.2. The molecule has 0 bridgehead atoms. The molecular weight excluding hydrogens is 181 g/mol. The van der Waals surface area contributed by atoms with Crippen molar-refractivity contribution >= 4 is 6.29 Å². The largest absolute Gasteiger partial charge is 0.298 e. The van der Waals surface area contributed by atoms with Crippen LogP contribution in [0.1, 0.15) is 29.0 Å². The van der Waals surface area contributed by atoms with Gasteiger partial charge in [-0.25, -0.2) is 13.2 Å². The third-order valence-corrected chi connectivity index (χ3v) is 1.66. The van der Waals surface area contributed by atoms with Crippen LogP contribution < -0.4 is 0 Å². The zero-order valence-corrected chi connectivity index (χ0v) is 6.85. The summed E-state index contributed by atoms with van der Waals surface area (Å²) < 4.78 is 38.1. The molecule has 0 aliphatic rings. The van der Waals surface area contributed by atoms with E-state index < -0.39 is 23.4 Å². The average Bonchev–Trinajstić information content (AvgIpc) is 2.09. The number of carbonyl (C=O) groups is 1. The van der Waals surface area contributed by atoms with Gasteiger partial charge in [-0.3, -0.25) is 4.79 Å². The predicted molar refractivity (Wildman–Crippen MR) is 41.3 cm³/mol. The van der Waals surface area contributed by atoms with Gasteiger partial charge in [-0.1, -0.05) is 0 Å². The van der Waals surface area contributed by atoms with Crippen LogP contribution in [0.4, 0.5) is 13.2 Å². The van der Waals surface area contributed by atoms with Crippen molar-refractivity contribution < 1.29 is 18.0 Å². The highest BCUT2D eigenvalue weighted by Gasteiger charge is 2.12. The van der Waals surface area contributed by atoms with Crippen LogP contribution in [0, 0.1) is 11.6 Å². The highest BCUT2D eigenvalue weighted by atomic mass is 19.2. The second-order valence-electron chi connectivity index (χ2n) is 2.64. The van der Waals surface area contributed by atoms with Crippen LogP contribution in [0.5, 0.6) is 0 Å². The number of rotatable bonds is 2. The number of benzene rings is 1. The molecule has 1 rings (SSSR count). The van der Waals surface area contributed by atoms with Gasteiger partial charge in [-0.15, -0.1) is 0 Å². The van der Waals surface area contributed by atoms with Crippen molar-refractivity contribution in [1.29, 1.82) is 0 Å². The number of aldehydes is 1. The summed E-state index contributed by atoms with van der Waals surface area (Å²) in [5.74, 6) is -2.44. The lowest BCUT2D eigenvalue weighted by molar-refractivity contribution is 0.111. The Bertz CT molecular complexity index is 334. The van der Waals surface area contributed by atoms with E-state index in [0.29, 0.717) is 0 Å². The Labute approximate surface area is 73.2 Å². The fourth-order valence-corrected chi connectivity index (χ4v) is 0.948. The summed E-state index contributed by atoms with van der Waals surface area (Å²) in [5, 5.41) is 0. The molecule has 4 heteroatoms. The number of halogens is 3. The van der Waals surface area contributed by atoms with E-state index in [2.05, 4.69) is 0 Å². The lowest BCUT2D eigenvalue weighted by Gasteiger charge is -2.04. The molecular formula is C9H7F3O. The van der Waals surface area contributed by atoms with Gasteiger partial charge in [-0.2, -0.15) is 0 Å². The van der Waals surface area contributed by atoms with Crippen molar-refractivity contribution in [3.05, 3.63) is 34.9 Å². The Morgan fingerprint density at radius 2 is 2.00 bits per heavy atom. The van der Waals surface area contributed by atoms with Gasteiger partial charge < -0.3 is 0 Å². The number of hydrogen-bond acceptors (Lipinski definition) is 1. The van der Waals surface area contributed by atoms with Crippen LogP contribution in [-0.2, 0) is 0 Å². The molecule has 0 aliphatic carbocycles. The Balaban J connectivity index is 3.30. The fraction of sp³-hybridized carbons (Fsp3) is 0.222. The fourth-order valence-electron chi connectivity index (χ4n) is 0.948. The van der Waals surface area contributed by atoms with E-state index in [4.69, 9.17) is 0 Å². The van der Waals surface area contributed by atoms with Gasteiger partial charge in [0.1, 0.15) is 6.17 Å².